The van der Waals surface area contributed by atoms with Crippen molar-refractivity contribution in [2.75, 3.05) is 11.3 Å². The Balaban J connectivity index is 2.87. The van der Waals surface area contributed by atoms with Crippen molar-refractivity contribution < 1.29 is 18.3 Å². The van der Waals surface area contributed by atoms with Crippen LogP contribution in [0.5, 0.6) is 0 Å². The number of anilines is 1. The lowest BCUT2D eigenvalue weighted by atomic mass is 10.2. The quantitative estimate of drug-likeness (QED) is 0.706. The van der Waals surface area contributed by atoms with E-state index >= 15 is 0 Å². The zero-order valence-electron chi connectivity index (χ0n) is 10.0. The summed E-state index contributed by atoms with van der Waals surface area (Å²) in [5.74, 6) is -1.15. The van der Waals surface area contributed by atoms with Crippen molar-refractivity contribution in [3.05, 3.63) is 24.0 Å². The van der Waals surface area contributed by atoms with Crippen LogP contribution in [-0.4, -0.2) is 31.0 Å². The zero-order chi connectivity index (χ0) is 13.8. The minimum atomic E-state index is -3.79. The molecule has 3 N–H and O–H groups in total. The molecule has 0 saturated heterocycles. The maximum atomic E-state index is 11.6. The number of aromatic carboxylic acids is 1. The van der Waals surface area contributed by atoms with Crippen molar-refractivity contribution in [3.63, 3.8) is 0 Å². The van der Waals surface area contributed by atoms with E-state index in [-0.39, 0.29) is 23.8 Å². The average molecular weight is 273 g/mol. The van der Waals surface area contributed by atoms with Crippen molar-refractivity contribution in [2.45, 2.75) is 13.8 Å². The van der Waals surface area contributed by atoms with Gasteiger partial charge in [-0.25, -0.2) is 9.78 Å². The molecule has 8 heteroatoms. The molecule has 0 aromatic carbocycles. The topological polar surface area (TPSA) is 108 Å². The van der Waals surface area contributed by atoms with Gasteiger partial charge in [-0.3, -0.25) is 4.72 Å². The highest BCUT2D eigenvalue weighted by atomic mass is 32.2. The highest BCUT2D eigenvalue weighted by Gasteiger charge is 2.16. The zero-order valence-corrected chi connectivity index (χ0v) is 10.9. The Morgan fingerprint density at radius 3 is 2.72 bits per heavy atom. The van der Waals surface area contributed by atoms with E-state index < -0.39 is 16.2 Å². The molecule has 0 atom stereocenters. The summed E-state index contributed by atoms with van der Waals surface area (Å²) in [6, 6.07) is 2.79. The summed E-state index contributed by atoms with van der Waals surface area (Å²) in [7, 11) is -3.79. The second-order valence-electron chi connectivity index (χ2n) is 4.05. The number of carboxylic acids is 1. The van der Waals surface area contributed by atoms with Gasteiger partial charge in [0.2, 0.25) is 0 Å². The van der Waals surface area contributed by atoms with Crippen LogP contribution in [0.3, 0.4) is 0 Å². The average Bonchev–Trinajstić information content (AvgIpc) is 2.26. The molecule has 0 aliphatic heterocycles. The van der Waals surface area contributed by atoms with Gasteiger partial charge in [0.1, 0.15) is 0 Å². The van der Waals surface area contributed by atoms with Gasteiger partial charge in [-0.05, 0) is 18.1 Å². The lowest BCUT2D eigenvalue weighted by molar-refractivity contribution is 0.0692. The highest BCUT2D eigenvalue weighted by molar-refractivity contribution is 7.90. The van der Waals surface area contributed by atoms with Crippen LogP contribution in [-0.2, 0) is 10.2 Å². The molecule has 0 fully saturated rings. The van der Waals surface area contributed by atoms with E-state index in [4.69, 9.17) is 5.11 Å². The minimum Gasteiger partial charge on any atom is -0.476 e. The third-order valence-corrected chi connectivity index (χ3v) is 2.97. The van der Waals surface area contributed by atoms with Crippen molar-refractivity contribution in [1.82, 2.24) is 9.71 Å². The smallest absolute Gasteiger partial charge is 0.356 e. The summed E-state index contributed by atoms with van der Waals surface area (Å²) in [5, 5.41) is 8.86. The van der Waals surface area contributed by atoms with Gasteiger partial charge in [-0.2, -0.15) is 13.1 Å². The molecule has 0 amide bonds. The predicted molar refractivity (Wildman–Crippen MR) is 66.6 cm³/mol. The number of carboxylic acid groups (broad SMARTS) is 1. The van der Waals surface area contributed by atoms with Crippen molar-refractivity contribution >= 4 is 21.9 Å². The number of rotatable bonds is 6. The van der Waals surface area contributed by atoms with Gasteiger partial charge in [-0.1, -0.05) is 13.8 Å². The first-order chi connectivity index (χ1) is 8.32. The molecule has 0 bridgehead atoms. The number of pyridine rings is 1. The summed E-state index contributed by atoms with van der Waals surface area (Å²) in [6.45, 7) is 3.97. The van der Waals surface area contributed by atoms with E-state index in [9.17, 15) is 13.2 Å². The molecular formula is C10H15N3O4S. The van der Waals surface area contributed by atoms with E-state index in [0.717, 1.165) is 0 Å². The number of hydrogen-bond donors (Lipinski definition) is 3. The molecular weight excluding hydrogens is 258 g/mol. The molecule has 100 valence electrons. The van der Waals surface area contributed by atoms with Gasteiger partial charge < -0.3 is 5.11 Å². The first kappa shape index (κ1) is 14.4. The lowest BCUT2D eigenvalue weighted by Gasteiger charge is -2.11. The van der Waals surface area contributed by atoms with Gasteiger partial charge in [0.05, 0.1) is 5.69 Å². The second kappa shape index (κ2) is 5.78. The molecule has 7 nitrogen and oxygen atoms in total. The Kier molecular flexibility index (Phi) is 4.62. The van der Waals surface area contributed by atoms with Gasteiger partial charge >= 0.3 is 5.97 Å². The largest absolute Gasteiger partial charge is 0.476 e. The maximum Gasteiger partial charge on any atom is 0.356 e. The van der Waals surface area contributed by atoms with E-state index in [1.54, 1.807) is 0 Å². The fourth-order valence-corrected chi connectivity index (χ4v) is 2.19. The number of aromatic nitrogens is 1. The maximum absolute atomic E-state index is 11.6. The Bertz CT molecular complexity index is 528. The third kappa shape index (κ3) is 4.30. The summed E-state index contributed by atoms with van der Waals surface area (Å²) < 4.78 is 27.7. The van der Waals surface area contributed by atoms with E-state index in [0.29, 0.717) is 0 Å². The monoisotopic (exact) mass is 273 g/mol. The molecule has 0 unspecified atom stereocenters. The molecule has 1 aromatic rings. The standard InChI is InChI=1S/C10H15N3O4S/c1-7(2)6-12-18(16,17)13-8-4-3-5-11-9(8)10(14)15/h3-5,7,12-13H,6H2,1-2H3,(H,14,15). The first-order valence-electron chi connectivity index (χ1n) is 5.27. The SMILES string of the molecule is CC(C)CNS(=O)(=O)Nc1cccnc1C(=O)O. The van der Waals surface area contributed by atoms with Crippen LogP contribution < -0.4 is 9.44 Å². The van der Waals surface area contributed by atoms with Crippen LogP contribution in [0.15, 0.2) is 18.3 Å². The fraction of sp³-hybridized carbons (Fsp3) is 0.400. The summed E-state index contributed by atoms with van der Waals surface area (Å²) in [5.41, 5.74) is -0.409. The van der Waals surface area contributed by atoms with Crippen LogP contribution in [0.25, 0.3) is 0 Å². The van der Waals surface area contributed by atoms with Crippen LogP contribution in [0.4, 0.5) is 5.69 Å². The number of carbonyl (C=O) groups is 1. The Labute approximate surface area is 105 Å². The Morgan fingerprint density at radius 1 is 1.50 bits per heavy atom. The number of nitrogens with one attached hydrogen (secondary N) is 2. The Morgan fingerprint density at radius 2 is 2.17 bits per heavy atom. The lowest BCUT2D eigenvalue weighted by Crippen LogP contribution is -2.33. The van der Waals surface area contributed by atoms with E-state index in [2.05, 4.69) is 14.4 Å². The normalized spacial score (nSPS) is 11.5. The third-order valence-electron chi connectivity index (χ3n) is 1.94. The molecule has 0 spiro atoms. The van der Waals surface area contributed by atoms with E-state index in [1.165, 1.54) is 18.3 Å². The van der Waals surface area contributed by atoms with Gasteiger partial charge in [0.25, 0.3) is 10.2 Å². The molecule has 0 saturated carbocycles. The van der Waals surface area contributed by atoms with Crippen LogP contribution >= 0.6 is 0 Å². The fourth-order valence-electron chi connectivity index (χ4n) is 1.12. The van der Waals surface area contributed by atoms with Crippen LogP contribution in [0, 0.1) is 5.92 Å². The highest BCUT2D eigenvalue weighted by Crippen LogP contribution is 2.13. The first-order valence-corrected chi connectivity index (χ1v) is 6.76. The van der Waals surface area contributed by atoms with Gasteiger partial charge in [-0.15, -0.1) is 0 Å². The van der Waals surface area contributed by atoms with Gasteiger partial charge in [0.15, 0.2) is 5.69 Å². The van der Waals surface area contributed by atoms with Crippen LogP contribution in [0.2, 0.25) is 0 Å². The summed E-state index contributed by atoms with van der Waals surface area (Å²) in [4.78, 5) is 14.5. The summed E-state index contributed by atoms with van der Waals surface area (Å²) >= 11 is 0. The molecule has 18 heavy (non-hydrogen) atoms. The number of nitrogens with zero attached hydrogens (tertiary/aromatic N) is 1. The predicted octanol–water partition coefficient (Wildman–Crippen LogP) is 0.682. The minimum absolute atomic E-state index is 0.0683. The molecule has 0 aliphatic rings. The second-order valence-corrected chi connectivity index (χ2v) is 5.55. The number of hydrogen-bond acceptors (Lipinski definition) is 4. The van der Waals surface area contributed by atoms with Crippen LogP contribution in [0.1, 0.15) is 24.3 Å². The van der Waals surface area contributed by atoms with Crippen molar-refractivity contribution in [2.24, 2.45) is 5.92 Å². The van der Waals surface area contributed by atoms with Crippen molar-refractivity contribution in [3.8, 4) is 0 Å². The van der Waals surface area contributed by atoms with Gasteiger partial charge in [0, 0.05) is 12.7 Å². The molecule has 0 aliphatic carbocycles. The van der Waals surface area contributed by atoms with Crippen molar-refractivity contribution in [1.29, 1.82) is 0 Å². The Hall–Kier alpha value is -1.67. The van der Waals surface area contributed by atoms with E-state index in [1.807, 2.05) is 13.8 Å². The molecule has 0 radical (unpaired) electrons. The molecule has 1 rings (SSSR count). The summed E-state index contributed by atoms with van der Waals surface area (Å²) in [6.07, 6.45) is 1.28. The molecule has 1 aromatic heterocycles. The molecule has 1 heterocycles.